The Morgan fingerprint density at radius 3 is 2.05 bits per heavy atom. The predicted octanol–water partition coefficient (Wildman–Crippen LogP) is 5.82. The number of halogens is 4. The summed E-state index contributed by atoms with van der Waals surface area (Å²) in [5.74, 6) is -0.636. The summed E-state index contributed by atoms with van der Waals surface area (Å²) in [5, 5.41) is 6.02. The number of hydrogen-bond acceptors (Lipinski definition) is 5. The van der Waals surface area contributed by atoms with Crippen LogP contribution in [0.2, 0.25) is 20.1 Å². The molecule has 1 atom stereocenters. The minimum atomic E-state index is -0.845. The Morgan fingerprint density at radius 1 is 0.892 bits per heavy atom. The molecule has 0 saturated heterocycles. The quantitative estimate of drug-likeness (QED) is 0.195. The van der Waals surface area contributed by atoms with Crippen LogP contribution < -0.4 is 21.1 Å². The van der Waals surface area contributed by atoms with Gasteiger partial charge in [0, 0.05) is 5.69 Å². The molecule has 0 aliphatic carbocycles. The molecule has 0 saturated carbocycles. The first-order chi connectivity index (χ1) is 17.7. The summed E-state index contributed by atoms with van der Waals surface area (Å²) in [6.45, 7) is 0.863. The van der Waals surface area contributed by atoms with Crippen molar-refractivity contribution in [2.45, 2.75) is 18.9 Å². The monoisotopic (exact) mass is 581 g/mol. The first-order valence-electron chi connectivity index (χ1n) is 11.2. The number of ether oxygens (including phenoxy) is 1. The van der Waals surface area contributed by atoms with E-state index in [-0.39, 0.29) is 37.6 Å². The summed E-state index contributed by atoms with van der Waals surface area (Å²) in [5.41, 5.74) is 6.91. The van der Waals surface area contributed by atoms with Gasteiger partial charge in [0.15, 0.2) is 0 Å². The second-order valence-electron chi connectivity index (χ2n) is 7.92. The van der Waals surface area contributed by atoms with Crippen LogP contribution in [0.5, 0.6) is 5.75 Å². The van der Waals surface area contributed by atoms with Crippen LogP contribution in [0.25, 0.3) is 0 Å². The smallest absolute Gasteiger partial charge is 0.258 e. The van der Waals surface area contributed by atoms with E-state index in [9.17, 15) is 14.4 Å². The van der Waals surface area contributed by atoms with E-state index in [1.54, 1.807) is 42.5 Å². The molecule has 1 unspecified atom stereocenters. The lowest BCUT2D eigenvalue weighted by atomic mass is 10.1. The summed E-state index contributed by atoms with van der Waals surface area (Å²) in [4.78, 5) is 37.1. The molecule has 0 bridgehead atoms. The normalized spacial score (nSPS) is 11.5. The third-order valence-electron chi connectivity index (χ3n) is 5.20. The van der Waals surface area contributed by atoms with Gasteiger partial charge in [-0.25, -0.2) is 0 Å². The predicted molar refractivity (Wildman–Crippen MR) is 148 cm³/mol. The summed E-state index contributed by atoms with van der Waals surface area (Å²) >= 11 is 24.7. The molecule has 37 heavy (non-hydrogen) atoms. The van der Waals surface area contributed by atoms with Crippen LogP contribution >= 0.6 is 46.4 Å². The largest absolute Gasteiger partial charge is 0.493 e. The zero-order valence-corrected chi connectivity index (χ0v) is 22.4. The van der Waals surface area contributed by atoms with Gasteiger partial charge in [0.05, 0.1) is 43.9 Å². The molecule has 194 valence electrons. The van der Waals surface area contributed by atoms with Gasteiger partial charge in [0.1, 0.15) is 12.0 Å². The summed E-state index contributed by atoms with van der Waals surface area (Å²) in [6, 6.07) is 13.7. The SMILES string of the molecule is NCCCOc1cc(Cl)c(C(=O)NC(C=O)Cc2ccc(NC(=O)c3c(Cl)cccc3Cl)cc2)c(Cl)c1. The molecule has 11 heteroatoms. The third kappa shape index (κ3) is 7.84. The first-order valence-corrected chi connectivity index (χ1v) is 12.7. The van der Waals surface area contributed by atoms with E-state index in [0.717, 1.165) is 5.56 Å². The van der Waals surface area contributed by atoms with Gasteiger partial charge < -0.3 is 25.9 Å². The lowest BCUT2D eigenvalue weighted by Gasteiger charge is -2.16. The number of nitrogens with one attached hydrogen (secondary N) is 2. The zero-order chi connectivity index (χ0) is 26.9. The maximum atomic E-state index is 12.8. The Hall–Kier alpha value is -2.81. The highest BCUT2D eigenvalue weighted by Crippen LogP contribution is 2.31. The molecule has 0 aliphatic rings. The molecule has 0 heterocycles. The fraction of sp³-hybridized carbons (Fsp3) is 0.192. The minimum Gasteiger partial charge on any atom is -0.493 e. The van der Waals surface area contributed by atoms with Crippen molar-refractivity contribution in [3.05, 3.63) is 91.4 Å². The molecule has 0 spiro atoms. The molecule has 3 rings (SSSR count). The number of carbonyl (C=O) groups is 3. The number of benzene rings is 3. The second kappa shape index (κ2) is 13.7. The first kappa shape index (κ1) is 28.8. The van der Waals surface area contributed by atoms with Crippen molar-refractivity contribution in [1.29, 1.82) is 0 Å². The number of aldehydes is 1. The van der Waals surface area contributed by atoms with Crippen LogP contribution in [0.4, 0.5) is 5.69 Å². The van der Waals surface area contributed by atoms with Crippen LogP contribution in [0.15, 0.2) is 54.6 Å². The van der Waals surface area contributed by atoms with Gasteiger partial charge in [-0.1, -0.05) is 64.6 Å². The maximum Gasteiger partial charge on any atom is 0.258 e. The van der Waals surface area contributed by atoms with E-state index >= 15 is 0 Å². The van der Waals surface area contributed by atoms with Gasteiger partial charge in [-0.3, -0.25) is 9.59 Å². The Labute approximate surface area is 234 Å². The van der Waals surface area contributed by atoms with Crippen LogP contribution in [-0.4, -0.2) is 37.3 Å². The van der Waals surface area contributed by atoms with Crippen molar-refractivity contribution in [2.24, 2.45) is 5.73 Å². The van der Waals surface area contributed by atoms with E-state index in [0.29, 0.717) is 37.3 Å². The lowest BCUT2D eigenvalue weighted by Crippen LogP contribution is -2.37. The van der Waals surface area contributed by atoms with Crippen molar-refractivity contribution in [2.75, 3.05) is 18.5 Å². The Kier molecular flexibility index (Phi) is 10.6. The highest BCUT2D eigenvalue weighted by atomic mass is 35.5. The van der Waals surface area contributed by atoms with Gasteiger partial charge in [0.25, 0.3) is 11.8 Å². The van der Waals surface area contributed by atoms with Crippen molar-refractivity contribution in [1.82, 2.24) is 5.32 Å². The van der Waals surface area contributed by atoms with Crippen LogP contribution in [0.3, 0.4) is 0 Å². The number of rotatable bonds is 11. The lowest BCUT2D eigenvalue weighted by molar-refractivity contribution is -0.109. The Morgan fingerprint density at radius 2 is 1.49 bits per heavy atom. The summed E-state index contributed by atoms with van der Waals surface area (Å²) in [7, 11) is 0. The van der Waals surface area contributed by atoms with E-state index in [2.05, 4.69) is 10.6 Å². The summed E-state index contributed by atoms with van der Waals surface area (Å²) in [6.07, 6.45) is 1.48. The summed E-state index contributed by atoms with van der Waals surface area (Å²) < 4.78 is 5.52. The van der Waals surface area contributed by atoms with Crippen LogP contribution in [-0.2, 0) is 11.2 Å². The Bertz CT molecular complexity index is 1240. The molecule has 0 aromatic heterocycles. The fourth-order valence-corrected chi connectivity index (χ4v) is 4.59. The molecule has 0 fully saturated rings. The molecular formula is C26H23Cl4N3O4. The van der Waals surface area contributed by atoms with Gasteiger partial charge >= 0.3 is 0 Å². The number of amides is 2. The van der Waals surface area contributed by atoms with E-state index in [1.165, 1.54) is 12.1 Å². The van der Waals surface area contributed by atoms with Crippen molar-refractivity contribution in [3.8, 4) is 5.75 Å². The van der Waals surface area contributed by atoms with Gasteiger partial charge in [-0.05, 0) is 61.3 Å². The van der Waals surface area contributed by atoms with Gasteiger partial charge in [-0.15, -0.1) is 0 Å². The number of hydrogen-bond donors (Lipinski definition) is 3. The molecule has 0 radical (unpaired) electrons. The minimum absolute atomic E-state index is 0.0395. The van der Waals surface area contributed by atoms with E-state index in [4.69, 9.17) is 56.9 Å². The van der Waals surface area contributed by atoms with Gasteiger partial charge in [-0.2, -0.15) is 0 Å². The van der Waals surface area contributed by atoms with E-state index in [1.807, 2.05) is 0 Å². The molecule has 0 aliphatic heterocycles. The molecule has 3 aromatic carbocycles. The van der Waals surface area contributed by atoms with Crippen LogP contribution in [0, 0.1) is 0 Å². The maximum absolute atomic E-state index is 12.8. The van der Waals surface area contributed by atoms with Crippen molar-refractivity contribution >= 4 is 70.2 Å². The van der Waals surface area contributed by atoms with Crippen LogP contribution in [0.1, 0.15) is 32.7 Å². The zero-order valence-electron chi connectivity index (χ0n) is 19.4. The highest BCUT2D eigenvalue weighted by molar-refractivity contribution is 6.41. The average molecular weight is 583 g/mol. The second-order valence-corrected chi connectivity index (χ2v) is 9.55. The number of anilines is 1. The highest BCUT2D eigenvalue weighted by Gasteiger charge is 2.20. The topological polar surface area (TPSA) is 111 Å². The average Bonchev–Trinajstić information content (AvgIpc) is 2.84. The van der Waals surface area contributed by atoms with E-state index < -0.39 is 17.9 Å². The molecule has 7 nitrogen and oxygen atoms in total. The molecule has 4 N–H and O–H groups in total. The molecule has 2 amide bonds. The fourth-order valence-electron chi connectivity index (χ4n) is 3.38. The van der Waals surface area contributed by atoms with Crippen molar-refractivity contribution in [3.63, 3.8) is 0 Å². The Balaban J connectivity index is 1.63. The standard InChI is InChI=1S/C26H23Cl4N3O4/c27-19-3-1-4-20(28)23(19)25(35)32-16-7-5-15(6-8-16)11-17(14-34)33-26(36)24-21(29)12-18(13-22(24)30)37-10-2-9-31/h1,3-8,12-14,17H,2,9-11,31H2,(H,32,35)(H,33,36). The molecule has 3 aromatic rings. The number of nitrogens with two attached hydrogens (primary N) is 1. The third-order valence-corrected chi connectivity index (χ3v) is 6.42. The van der Waals surface area contributed by atoms with Gasteiger partial charge in [0.2, 0.25) is 0 Å². The number of carbonyl (C=O) groups excluding carboxylic acids is 3. The van der Waals surface area contributed by atoms with Crippen molar-refractivity contribution < 1.29 is 19.1 Å². The molecular weight excluding hydrogens is 560 g/mol.